The van der Waals surface area contributed by atoms with Crippen molar-refractivity contribution in [3.8, 4) is 11.1 Å². The summed E-state index contributed by atoms with van der Waals surface area (Å²) in [6.45, 7) is 7.44. The molecule has 1 heterocycles. The van der Waals surface area contributed by atoms with Crippen molar-refractivity contribution in [2.24, 2.45) is 0 Å². The summed E-state index contributed by atoms with van der Waals surface area (Å²) in [5.74, 6) is -0.946. The van der Waals surface area contributed by atoms with E-state index in [1.807, 2.05) is 69.9 Å². The smallest absolute Gasteiger partial charge is 0.336 e. The predicted octanol–water partition coefficient (Wildman–Crippen LogP) is 5.60. The van der Waals surface area contributed by atoms with E-state index in [9.17, 15) is 14.7 Å². The van der Waals surface area contributed by atoms with Crippen LogP contribution in [0.15, 0.2) is 89.9 Å². The zero-order chi connectivity index (χ0) is 24.3. The fraction of sp³-hybridized carbons (Fsp3) is 0.241. The van der Waals surface area contributed by atoms with Crippen LogP contribution in [0.5, 0.6) is 0 Å². The number of carboxylic acids is 1. The van der Waals surface area contributed by atoms with Gasteiger partial charge in [0.15, 0.2) is 0 Å². The molecule has 0 aliphatic rings. The van der Waals surface area contributed by atoms with Gasteiger partial charge in [-0.1, -0.05) is 93.6 Å². The molecule has 5 nitrogen and oxygen atoms in total. The van der Waals surface area contributed by atoms with Crippen LogP contribution in [0, 0.1) is 0 Å². The van der Waals surface area contributed by atoms with Crippen molar-refractivity contribution in [2.45, 2.75) is 45.7 Å². The van der Waals surface area contributed by atoms with Crippen molar-refractivity contribution in [3.63, 3.8) is 0 Å². The van der Waals surface area contributed by atoms with Crippen molar-refractivity contribution >= 4 is 5.97 Å². The molecule has 174 valence electrons. The Kier molecular flexibility index (Phi) is 6.55. The second-order valence-corrected chi connectivity index (χ2v) is 9.61. The molecule has 34 heavy (non-hydrogen) atoms. The average Bonchev–Trinajstić information content (AvgIpc) is 3.14. The van der Waals surface area contributed by atoms with Crippen LogP contribution in [-0.4, -0.2) is 20.2 Å². The first kappa shape index (κ1) is 23.3. The van der Waals surface area contributed by atoms with Gasteiger partial charge in [0.25, 0.3) is 0 Å². The highest BCUT2D eigenvalue weighted by Crippen LogP contribution is 2.26. The van der Waals surface area contributed by atoms with E-state index >= 15 is 0 Å². The molecule has 0 aliphatic carbocycles. The molecule has 4 aromatic rings. The highest BCUT2D eigenvalue weighted by atomic mass is 16.4. The van der Waals surface area contributed by atoms with Gasteiger partial charge in [0.2, 0.25) is 0 Å². The molecule has 0 aliphatic heterocycles. The second kappa shape index (κ2) is 9.56. The Morgan fingerprint density at radius 3 is 2.15 bits per heavy atom. The zero-order valence-electron chi connectivity index (χ0n) is 19.9. The van der Waals surface area contributed by atoms with Crippen LogP contribution in [-0.2, 0) is 24.9 Å². The maximum Gasteiger partial charge on any atom is 0.336 e. The Morgan fingerprint density at radius 1 is 0.853 bits per heavy atom. The lowest BCUT2D eigenvalue weighted by Gasteiger charge is -2.20. The van der Waals surface area contributed by atoms with Gasteiger partial charge >= 0.3 is 11.7 Å². The van der Waals surface area contributed by atoms with Gasteiger partial charge in [0.1, 0.15) is 0 Å². The van der Waals surface area contributed by atoms with Crippen molar-refractivity contribution in [3.05, 3.63) is 118 Å². The van der Waals surface area contributed by atoms with Gasteiger partial charge in [-0.05, 0) is 34.7 Å². The fourth-order valence-corrected chi connectivity index (χ4v) is 4.23. The Hall–Kier alpha value is -3.86. The van der Waals surface area contributed by atoms with Crippen LogP contribution in [0.25, 0.3) is 11.1 Å². The number of nitrogens with zero attached hydrogens (tertiary/aromatic N) is 2. The predicted molar refractivity (Wildman–Crippen MR) is 135 cm³/mol. The molecule has 3 aromatic carbocycles. The third-order valence-electron chi connectivity index (χ3n) is 6.06. The molecule has 0 unspecified atom stereocenters. The minimum atomic E-state index is -0.946. The maximum absolute atomic E-state index is 13.3. The van der Waals surface area contributed by atoms with Gasteiger partial charge in [-0.25, -0.2) is 9.59 Å². The summed E-state index contributed by atoms with van der Waals surface area (Å²) in [6.07, 6.45) is 2.79. The van der Waals surface area contributed by atoms with E-state index < -0.39 is 5.97 Å². The number of hydrogen-bond acceptors (Lipinski definition) is 2. The molecule has 0 bridgehead atoms. The van der Waals surface area contributed by atoms with Crippen LogP contribution in [0.2, 0.25) is 0 Å². The minimum absolute atomic E-state index is 0.0128. The molecular weight excluding hydrogens is 424 g/mol. The lowest BCUT2D eigenvalue weighted by molar-refractivity contribution is 0.0697. The number of aromatic carboxylic acids is 1. The van der Waals surface area contributed by atoms with Crippen LogP contribution in [0.1, 0.15) is 48.0 Å². The molecule has 0 fully saturated rings. The van der Waals surface area contributed by atoms with E-state index in [0.717, 1.165) is 23.2 Å². The van der Waals surface area contributed by atoms with Crippen LogP contribution >= 0.6 is 0 Å². The summed E-state index contributed by atoms with van der Waals surface area (Å²) in [7, 11) is 0. The summed E-state index contributed by atoms with van der Waals surface area (Å²) in [5, 5.41) is 9.49. The third-order valence-corrected chi connectivity index (χ3v) is 6.06. The van der Waals surface area contributed by atoms with Crippen LogP contribution in [0.4, 0.5) is 0 Å². The number of rotatable bonds is 7. The van der Waals surface area contributed by atoms with Gasteiger partial charge in [-0.2, -0.15) is 0 Å². The van der Waals surface area contributed by atoms with Gasteiger partial charge < -0.3 is 5.11 Å². The quantitative estimate of drug-likeness (QED) is 0.395. The highest BCUT2D eigenvalue weighted by molar-refractivity contribution is 5.95. The lowest BCUT2D eigenvalue weighted by atomic mass is 9.92. The number of aromatic nitrogens is 2. The Morgan fingerprint density at radius 2 is 1.50 bits per heavy atom. The summed E-state index contributed by atoms with van der Waals surface area (Å²) >= 11 is 0. The Balaban J connectivity index is 1.61. The van der Waals surface area contributed by atoms with Gasteiger partial charge in [0, 0.05) is 23.9 Å². The monoisotopic (exact) mass is 454 g/mol. The number of aryl methyl sites for hydroxylation is 2. The lowest BCUT2D eigenvalue weighted by Crippen LogP contribution is -2.28. The van der Waals surface area contributed by atoms with Crippen molar-refractivity contribution in [2.75, 3.05) is 0 Å². The average molecular weight is 455 g/mol. The number of carboxylic acid groups (broad SMARTS) is 1. The molecule has 1 N–H and O–H groups in total. The first-order valence-corrected chi connectivity index (χ1v) is 11.5. The van der Waals surface area contributed by atoms with E-state index in [1.54, 1.807) is 12.1 Å². The van der Waals surface area contributed by atoms with Gasteiger partial charge in [-0.15, -0.1) is 0 Å². The van der Waals surface area contributed by atoms with E-state index in [1.165, 1.54) is 5.56 Å². The zero-order valence-corrected chi connectivity index (χ0v) is 19.9. The molecule has 0 atom stereocenters. The molecule has 0 spiro atoms. The SMILES string of the molecule is CC(C)(C)c1cn(CCc2ccccc2)c(=O)n1Cc1ccc(-c2ccccc2C(=O)O)cc1. The molecule has 0 saturated carbocycles. The number of carbonyl (C=O) groups is 1. The summed E-state index contributed by atoms with van der Waals surface area (Å²) in [4.78, 5) is 24.9. The van der Waals surface area contributed by atoms with Crippen molar-refractivity contribution in [1.29, 1.82) is 0 Å². The number of benzene rings is 3. The molecule has 0 saturated heterocycles. The first-order valence-electron chi connectivity index (χ1n) is 11.5. The van der Waals surface area contributed by atoms with Crippen LogP contribution in [0.3, 0.4) is 0 Å². The summed E-state index contributed by atoms with van der Waals surface area (Å²) in [5.41, 5.74) is 4.79. The standard InChI is InChI=1S/C29H30N2O3/c1-29(2,3)26-20-30(18-17-21-9-5-4-6-10-21)28(34)31(26)19-22-13-15-23(16-14-22)24-11-7-8-12-25(24)27(32)33/h4-16,20H,17-19H2,1-3H3,(H,32,33). The Bertz CT molecular complexity index is 1340. The van der Waals surface area contributed by atoms with Gasteiger partial charge in [0.05, 0.1) is 12.1 Å². The van der Waals surface area contributed by atoms with E-state index in [-0.39, 0.29) is 16.7 Å². The van der Waals surface area contributed by atoms with E-state index in [0.29, 0.717) is 18.7 Å². The van der Waals surface area contributed by atoms with Crippen molar-refractivity contribution in [1.82, 2.24) is 9.13 Å². The second-order valence-electron chi connectivity index (χ2n) is 9.61. The largest absolute Gasteiger partial charge is 0.478 e. The molecule has 0 amide bonds. The molecular formula is C29H30N2O3. The van der Waals surface area contributed by atoms with E-state index in [4.69, 9.17) is 0 Å². The van der Waals surface area contributed by atoms with E-state index in [2.05, 4.69) is 32.9 Å². The first-order chi connectivity index (χ1) is 16.2. The number of imidazole rings is 1. The Labute approximate surface area is 199 Å². The summed E-state index contributed by atoms with van der Waals surface area (Å²) in [6, 6.07) is 25.0. The number of hydrogen-bond donors (Lipinski definition) is 1. The van der Waals surface area contributed by atoms with Gasteiger partial charge in [-0.3, -0.25) is 9.13 Å². The molecule has 1 aromatic heterocycles. The molecule has 4 rings (SSSR count). The highest BCUT2D eigenvalue weighted by Gasteiger charge is 2.23. The summed E-state index contributed by atoms with van der Waals surface area (Å²) < 4.78 is 3.66. The topological polar surface area (TPSA) is 64.2 Å². The molecule has 0 radical (unpaired) electrons. The molecule has 5 heteroatoms. The minimum Gasteiger partial charge on any atom is -0.478 e. The van der Waals surface area contributed by atoms with Crippen molar-refractivity contribution < 1.29 is 9.90 Å². The normalized spacial score (nSPS) is 11.5. The maximum atomic E-state index is 13.3. The van der Waals surface area contributed by atoms with Crippen LogP contribution < -0.4 is 5.69 Å². The fourth-order valence-electron chi connectivity index (χ4n) is 4.23. The third kappa shape index (κ3) is 5.04.